The quantitative estimate of drug-likeness (QED) is 0.576. The number of fused-ring (bicyclic) bond motifs is 5. The second-order valence-corrected chi connectivity index (χ2v) is 7.13. The molecule has 1 saturated carbocycles. The molecule has 1 fully saturated rings. The van der Waals surface area contributed by atoms with Gasteiger partial charge in [0, 0.05) is 28.7 Å². The smallest absolute Gasteiger partial charge is 0.0777 e. The van der Waals surface area contributed by atoms with E-state index >= 15 is 0 Å². The Morgan fingerprint density at radius 2 is 1.61 bits per heavy atom. The molecule has 2 nitrogen and oxygen atoms in total. The summed E-state index contributed by atoms with van der Waals surface area (Å²) in [6, 6.07) is 17.6. The lowest BCUT2D eigenvalue weighted by molar-refractivity contribution is 0.324. The maximum atomic E-state index is 3.96. The SMILES string of the molecule is c1ccc2c(c1)Cc1c([nH]c3ccccc13)C1(CCCCC1)N2. The van der Waals surface area contributed by atoms with Gasteiger partial charge in [0.2, 0.25) is 0 Å². The molecule has 1 aromatic heterocycles. The monoisotopic (exact) mass is 302 g/mol. The van der Waals surface area contributed by atoms with E-state index in [1.54, 1.807) is 0 Å². The normalized spacial score (nSPS) is 19.0. The number of hydrogen-bond acceptors (Lipinski definition) is 1. The molecule has 0 amide bonds. The Hall–Kier alpha value is -2.22. The van der Waals surface area contributed by atoms with Crippen molar-refractivity contribution in [3.63, 3.8) is 0 Å². The number of nitrogens with one attached hydrogen (secondary N) is 2. The van der Waals surface area contributed by atoms with Crippen LogP contribution in [0.15, 0.2) is 48.5 Å². The van der Waals surface area contributed by atoms with Crippen molar-refractivity contribution in [2.45, 2.75) is 44.1 Å². The highest BCUT2D eigenvalue weighted by Gasteiger charge is 2.39. The Labute approximate surface area is 136 Å². The largest absolute Gasteiger partial charge is 0.374 e. The van der Waals surface area contributed by atoms with Crippen molar-refractivity contribution in [1.82, 2.24) is 4.98 Å². The molecule has 0 radical (unpaired) electrons. The summed E-state index contributed by atoms with van der Waals surface area (Å²) in [6.07, 6.45) is 7.45. The molecule has 2 heterocycles. The topological polar surface area (TPSA) is 27.8 Å². The van der Waals surface area contributed by atoms with E-state index in [-0.39, 0.29) is 5.54 Å². The minimum atomic E-state index is 0.0825. The van der Waals surface area contributed by atoms with Crippen LogP contribution in [-0.2, 0) is 12.0 Å². The van der Waals surface area contributed by atoms with Crippen molar-refractivity contribution in [1.29, 1.82) is 0 Å². The van der Waals surface area contributed by atoms with Gasteiger partial charge in [-0.05, 0) is 36.1 Å². The summed E-state index contributed by atoms with van der Waals surface area (Å²) in [5.74, 6) is 0. The first-order chi connectivity index (χ1) is 11.4. The first-order valence-corrected chi connectivity index (χ1v) is 8.82. The molecule has 116 valence electrons. The first kappa shape index (κ1) is 13.2. The standard InChI is InChI=1S/C21H22N2/c1-6-12-21(13-7-1)20-17(16-9-3-5-11-19(16)22-20)14-15-8-2-4-10-18(15)23-21/h2-5,8-11,22-23H,1,6-7,12-14H2. The van der Waals surface area contributed by atoms with E-state index in [0.717, 1.165) is 6.42 Å². The zero-order chi connectivity index (χ0) is 15.3. The molecule has 2 aliphatic rings. The number of benzene rings is 2. The maximum Gasteiger partial charge on any atom is 0.0777 e. The molecule has 23 heavy (non-hydrogen) atoms. The van der Waals surface area contributed by atoms with E-state index in [0.29, 0.717) is 0 Å². The lowest BCUT2D eigenvalue weighted by atomic mass is 9.78. The van der Waals surface area contributed by atoms with Gasteiger partial charge in [-0.1, -0.05) is 55.7 Å². The zero-order valence-corrected chi connectivity index (χ0v) is 13.4. The summed E-state index contributed by atoms with van der Waals surface area (Å²) in [6.45, 7) is 0. The minimum absolute atomic E-state index is 0.0825. The Morgan fingerprint density at radius 3 is 2.52 bits per heavy atom. The van der Waals surface area contributed by atoms with Gasteiger partial charge in [0.15, 0.2) is 0 Å². The lowest BCUT2D eigenvalue weighted by Crippen LogP contribution is -2.38. The fraction of sp³-hybridized carbons (Fsp3) is 0.333. The summed E-state index contributed by atoms with van der Waals surface area (Å²) < 4.78 is 0. The van der Waals surface area contributed by atoms with Crippen LogP contribution in [0.2, 0.25) is 0 Å². The van der Waals surface area contributed by atoms with Crippen LogP contribution in [0.4, 0.5) is 5.69 Å². The molecule has 2 heteroatoms. The third-order valence-corrected chi connectivity index (χ3v) is 5.76. The summed E-state index contributed by atoms with van der Waals surface area (Å²) >= 11 is 0. The van der Waals surface area contributed by atoms with Gasteiger partial charge >= 0.3 is 0 Å². The minimum Gasteiger partial charge on any atom is -0.374 e. The van der Waals surface area contributed by atoms with Gasteiger partial charge in [-0.15, -0.1) is 0 Å². The molecular weight excluding hydrogens is 280 g/mol. The van der Waals surface area contributed by atoms with Crippen LogP contribution in [0.3, 0.4) is 0 Å². The van der Waals surface area contributed by atoms with Gasteiger partial charge in [0.1, 0.15) is 0 Å². The van der Waals surface area contributed by atoms with Crippen LogP contribution in [0, 0.1) is 0 Å². The number of para-hydroxylation sites is 2. The highest BCUT2D eigenvalue weighted by Crippen LogP contribution is 2.46. The molecular formula is C21H22N2. The lowest BCUT2D eigenvalue weighted by Gasteiger charge is -2.38. The van der Waals surface area contributed by atoms with Crippen molar-refractivity contribution in [2.75, 3.05) is 5.32 Å². The molecule has 1 aliphatic heterocycles. The molecule has 2 aromatic carbocycles. The van der Waals surface area contributed by atoms with Gasteiger partial charge in [0.25, 0.3) is 0 Å². The summed E-state index contributed by atoms with van der Waals surface area (Å²) in [5.41, 5.74) is 7.04. The van der Waals surface area contributed by atoms with Gasteiger partial charge in [-0.3, -0.25) is 0 Å². The Kier molecular flexibility index (Phi) is 2.81. The van der Waals surface area contributed by atoms with Crippen LogP contribution < -0.4 is 5.32 Å². The van der Waals surface area contributed by atoms with Crippen LogP contribution in [0.1, 0.15) is 48.9 Å². The molecule has 1 spiro atoms. The third kappa shape index (κ3) is 1.94. The second kappa shape index (κ2) is 4.89. The molecule has 3 aromatic rings. The van der Waals surface area contributed by atoms with E-state index in [1.165, 1.54) is 65.5 Å². The predicted octanol–water partition coefficient (Wildman–Crippen LogP) is 5.34. The summed E-state index contributed by atoms with van der Waals surface area (Å²) in [5, 5.41) is 5.36. The van der Waals surface area contributed by atoms with Crippen LogP contribution in [0.25, 0.3) is 10.9 Å². The third-order valence-electron chi connectivity index (χ3n) is 5.76. The van der Waals surface area contributed by atoms with Crippen molar-refractivity contribution < 1.29 is 0 Å². The molecule has 0 bridgehead atoms. The molecule has 0 unspecified atom stereocenters. The predicted molar refractivity (Wildman–Crippen MR) is 95.9 cm³/mol. The fourth-order valence-corrected chi connectivity index (χ4v) is 4.63. The molecule has 1 aliphatic carbocycles. The Balaban J connectivity index is 1.80. The van der Waals surface area contributed by atoms with E-state index < -0.39 is 0 Å². The van der Waals surface area contributed by atoms with Crippen molar-refractivity contribution in [2.24, 2.45) is 0 Å². The second-order valence-electron chi connectivity index (χ2n) is 7.13. The van der Waals surface area contributed by atoms with E-state index in [1.807, 2.05) is 0 Å². The van der Waals surface area contributed by atoms with E-state index in [9.17, 15) is 0 Å². The maximum absolute atomic E-state index is 3.96. The van der Waals surface area contributed by atoms with Gasteiger partial charge in [-0.25, -0.2) is 0 Å². The summed E-state index contributed by atoms with van der Waals surface area (Å²) in [4.78, 5) is 3.79. The average molecular weight is 302 g/mol. The van der Waals surface area contributed by atoms with Crippen LogP contribution in [-0.4, -0.2) is 4.98 Å². The summed E-state index contributed by atoms with van der Waals surface area (Å²) in [7, 11) is 0. The highest BCUT2D eigenvalue weighted by molar-refractivity contribution is 5.86. The van der Waals surface area contributed by atoms with E-state index in [4.69, 9.17) is 0 Å². The molecule has 0 saturated heterocycles. The molecule has 5 rings (SSSR count). The van der Waals surface area contributed by atoms with Crippen LogP contribution >= 0.6 is 0 Å². The Morgan fingerprint density at radius 1 is 0.826 bits per heavy atom. The number of H-pyrrole nitrogens is 1. The number of aromatic nitrogens is 1. The van der Waals surface area contributed by atoms with Crippen molar-refractivity contribution in [3.8, 4) is 0 Å². The van der Waals surface area contributed by atoms with Gasteiger partial charge < -0.3 is 10.3 Å². The Bertz CT molecular complexity index is 868. The van der Waals surface area contributed by atoms with Crippen molar-refractivity contribution >= 4 is 16.6 Å². The van der Waals surface area contributed by atoms with Gasteiger partial charge in [-0.2, -0.15) is 0 Å². The molecule has 0 atom stereocenters. The number of anilines is 1. The highest BCUT2D eigenvalue weighted by atomic mass is 15.0. The zero-order valence-electron chi connectivity index (χ0n) is 13.4. The fourth-order valence-electron chi connectivity index (χ4n) is 4.63. The number of aromatic amines is 1. The van der Waals surface area contributed by atoms with Crippen LogP contribution in [0.5, 0.6) is 0 Å². The average Bonchev–Trinajstić information content (AvgIpc) is 2.91. The number of rotatable bonds is 0. The number of hydrogen-bond donors (Lipinski definition) is 2. The first-order valence-electron chi connectivity index (χ1n) is 8.82. The molecule has 2 N–H and O–H groups in total. The van der Waals surface area contributed by atoms with Gasteiger partial charge in [0.05, 0.1) is 5.54 Å². The van der Waals surface area contributed by atoms with E-state index in [2.05, 4.69) is 58.8 Å². The van der Waals surface area contributed by atoms with Crippen molar-refractivity contribution in [3.05, 3.63) is 65.4 Å².